The molecule has 0 aromatic rings. The van der Waals surface area contributed by atoms with Crippen molar-refractivity contribution in [1.82, 2.24) is 0 Å². The van der Waals surface area contributed by atoms with Crippen LogP contribution < -0.4 is 0 Å². The third kappa shape index (κ3) is 0.973. The van der Waals surface area contributed by atoms with Crippen LogP contribution in [0.1, 0.15) is 47.5 Å². The van der Waals surface area contributed by atoms with Crippen LogP contribution in [0, 0.1) is 34.5 Å². The second kappa shape index (κ2) is 2.79. The van der Waals surface area contributed by atoms with Crippen molar-refractivity contribution in [2.75, 3.05) is 0 Å². The van der Waals surface area contributed by atoms with Gasteiger partial charge in [0, 0.05) is 11.8 Å². The third-order valence-corrected chi connectivity index (χ3v) is 6.79. The largest absolute Gasteiger partial charge is 0.382 e. The molecule has 6 atom stereocenters. The van der Waals surface area contributed by atoms with Gasteiger partial charge in [-0.2, -0.15) is 0 Å². The maximum Gasteiger partial charge on any atom is 0.168 e. The molecule has 0 aliphatic heterocycles. The summed E-state index contributed by atoms with van der Waals surface area (Å²) in [7, 11) is 0. The predicted molar refractivity (Wildman–Crippen MR) is 66.4 cm³/mol. The van der Waals surface area contributed by atoms with Gasteiger partial charge in [0.15, 0.2) is 5.78 Å². The standard InChI is InChI=1S/C15H24O2/c1-8-6-7-9-13(2,3)11-10(14(8,9)4)12(16)15(11,5)17/h8-11,17H,6-7H2,1-5H3/t8?,9?,10-,11?,14-,15-/m1/s1. The molecule has 0 heterocycles. The summed E-state index contributed by atoms with van der Waals surface area (Å²) >= 11 is 0. The molecule has 0 aromatic carbocycles. The summed E-state index contributed by atoms with van der Waals surface area (Å²) in [5, 5.41) is 10.4. The Morgan fingerprint density at radius 1 is 1.18 bits per heavy atom. The molecular weight excluding hydrogens is 212 g/mol. The highest BCUT2D eigenvalue weighted by Crippen LogP contribution is 2.75. The van der Waals surface area contributed by atoms with Crippen LogP contribution in [0.15, 0.2) is 0 Å². The normalized spacial score (nSPS) is 59.8. The Morgan fingerprint density at radius 2 is 1.76 bits per heavy atom. The minimum atomic E-state index is -1.07. The molecule has 3 fully saturated rings. The van der Waals surface area contributed by atoms with Gasteiger partial charge in [-0.25, -0.2) is 0 Å². The van der Waals surface area contributed by atoms with Gasteiger partial charge in [-0.1, -0.05) is 27.7 Å². The molecule has 17 heavy (non-hydrogen) atoms. The van der Waals surface area contributed by atoms with E-state index in [4.69, 9.17) is 0 Å². The van der Waals surface area contributed by atoms with Crippen LogP contribution >= 0.6 is 0 Å². The van der Waals surface area contributed by atoms with E-state index < -0.39 is 5.60 Å². The van der Waals surface area contributed by atoms with Gasteiger partial charge in [0.1, 0.15) is 5.60 Å². The zero-order valence-electron chi connectivity index (χ0n) is 11.6. The molecule has 0 amide bonds. The number of ketones is 1. The highest BCUT2D eigenvalue weighted by Gasteiger charge is 2.78. The average Bonchev–Trinajstić information content (AvgIpc) is 2.59. The number of fused-ring (bicyclic) bond motifs is 3. The molecule has 3 unspecified atom stereocenters. The molecule has 0 aromatic heterocycles. The van der Waals surface area contributed by atoms with E-state index in [9.17, 15) is 9.90 Å². The Hall–Kier alpha value is -0.370. The molecule has 96 valence electrons. The van der Waals surface area contributed by atoms with Crippen molar-refractivity contribution in [3.05, 3.63) is 0 Å². The fraction of sp³-hybridized carbons (Fsp3) is 0.933. The van der Waals surface area contributed by atoms with Crippen molar-refractivity contribution in [1.29, 1.82) is 0 Å². The summed E-state index contributed by atoms with van der Waals surface area (Å²) in [6, 6.07) is 0. The van der Waals surface area contributed by atoms with Gasteiger partial charge in [-0.05, 0) is 42.4 Å². The number of carbonyl (C=O) groups is 1. The van der Waals surface area contributed by atoms with Crippen molar-refractivity contribution in [2.45, 2.75) is 53.1 Å². The van der Waals surface area contributed by atoms with Crippen LogP contribution in [0.5, 0.6) is 0 Å². The van der Waals surface area contributed by atoms with Crippen LogP contribution in [0.4, 0.5) is 0 Å². The molecule has 2 nitrogen and oxygen atoms in total. The lowest BCUT2D eigenvalue weighted by Crippen LogP contribution is -2.65. The summed E-state index contributed by atoms with van der Waals surface area (Å²) in [6.45, 7) is 10.8. The maximum absolute atomic E-state index is 12.3. The SMILES string of the molecule is CC1CCC2C(C)(C)C3[C@H](C(=O)[C@]3(C)O)[C@]12C. The number of carbonyl (C=O) groups excluding carboxylic acids is 1. The van der Waals surface area contributed by atoms with E-state index in [1.807, 2.05) is 0 Å². The number of hydrogen-bond acceptors (Lipinski definition) is 2. The molecule has 0 radical (unpaired) electrons. The summed E-state index contributed by atoms with van der Waals surface area (Å²) in [5.74, 6) is 1.59. The lowest BCUT2D eigenvalue weighted by Gasteiger charge is -2.53. The van der Waals surface area contributed by atoms with Gasteiger partial charge in [0.25, 0.3) is 0 Å². The fourth-order valence-corrected chi connectivity index (χ4v) is 5.94. The van der Waals surface area contributed by atoms with E-state index in [0.29, 0.717) is 11.8 Å². The van der Waals surface area contributed by atoms with E-state index in [0.717, 1.165) is 0 Å². The highest BCUT2D eigenvalue weighted by atomic mass is 16.3. The minimum absolute atomic E-state index is 0.0988. The fourth-order valence-electron chi connectivity index (χ4n) is 5.94. The van der Waals surface area contributed by atoms with Crippen LogP contribution in [-0.2, 0) is 4.79 Å². The molecule has 0 bridgehead atoms. The summed E-state index contributed by atoms with van der Waals surface area (Å²) in [5.41, 5.74) is -0.837. The monoisotopic (exact) mass is 236 g/mol. The van der Waals surface area contributed by atoms with Crippen LogP contribution in [0.25, 0.3) is 0 Å². The van der Waals surface area contributed by atoms with E-state index in [2.05, 4.69) is 27.7 Å². The zero-order chi connectivity index (χ0) is 12.8. The van der Waals surface area contributed by atoms with Crippen molar-refractivity contribution in [3.63, 3.8) is 0 Å². The lowest BCUT2D eigenvalue weighted by molar-refractivity contribution is -0.185. The van der Waals surface area contributed by atoms with Crippen LogP contribution in [-0.4, -0.2) is 16.5 Å². The first kappa shape index (κ1) is 11.7. The smallest absolute Gasteiger partial charge is 0.168 e. The molecular formula is C15H24O2. The van der Waals surface area contributed by atoms with Crippen molar-refractivity contribution < 1.29 is 9.90 Å². The molecule has 3 aliphatic carbocycles. The molecule has 0 saturated heterocycles. The predicted octanol–water partition coefficient (Wildman–Crippen LogP) is 2.64. The van der Waals surface area contributed by atoms with E-state index in [-0.39, 0.29) is 28.4 Å². The third-order valence-electron chi connectivity index (χ3n) is 6.79. The molecule has 3 saturated carbocycles. The average molecular weight is 236 g/mol. The van der Waals surface area contributed by atoms with E-state index >= 15 is 0 Å². The Kier molecular flexibility index (Phi) is 1.92. The van der Waals surface area contributed by atoms with Gasteiger partial charge in [0.2, 0.25) is 0 Å². The van der Waals surface area contributed by atoms with Gasteiger partial charge in [-0.15, -0.1) is 0 Å². The van der Waals surface area contributed by atoms with Crippen molar-refractivity contribution in [3.8, 4) is 0 Å². The number of Topliss-reactive ketones (excluding diaryl/α,β-unsaturated/α-hetero) is 1. The van der Waals surface area contributed by atoms with Crippen LogP contribution in [0.3, 0.4) is 0 Å². The first-order chi connectivity index (χ1) is 7.66. The number of hydrogen-bond donors (Lipinski definition) is 1. The first-order valence-corrected chi connectivity index (χ1v) is 6.93. The molecule has 0 spiro atoms. The van der Waals surface area contributed by atoms with E-state index in [1.54, 1.807) is 6.92 Å². The highest BCUT2D eigenvalue weighted by molar-refractivity contribution is 5.97. The summed E-state index contributed by atoms with van der Waals surface area (Å²) in [6.07, 6.45) is 2.46. The van der Waals surface area contributed by atoms with Crippen molar-refractivity contribution >= 4 is 5.78 Å². The van der Waals surface area contributed by atoms with E-state index in [1.165, 1.54) is 12.8 Å². The van der Waals surface area contributed by atoms with Crippen molar-refractivity contribution in [2.24, 2.45) is 34.5 Å². The quantitative estimate of drug-likeness (QED) is 0.702. The summed E-state index contributed by atoms with van der Waals surface area (Å²) in [4.78, 5) is 12.3. The van der Waals surface area contributed by atoms with Gasteiger partial charge in [0.05, 0.1) is 0 Å². The van der Waals surface area contributed by atoms with Gasteiger partial charge < -0.3 is 5.11 Å². The lowest BCUT2D eigenvalue weighted by atomic mass is 9.52. The number of aliphatic hydroxyl groups is 1. The van der Waals surface area contributed by atoms with Crippen LogP contribution in [0.2, 0.25) is 0 Å². The Balaban J connectivity index is 2.13. The zero-order valence-corrected chi connectivity index (χ0v) is 11.6. The second-order valence-electron chi connectivity index (χ2n) is 7.69. The topological polar surface area (TPSA) is 37.3 Å². The minimum Gasteiger partial charge on any atom is -0.382 e. The van der Waals surface area contributed by atoms with Gasteiger partial charge in [-0.3, -0.25) is 4.79 Å². The Morgan fingerprint density at radius 3 is 2.35 bits per heavy atom. The molecule has 3 aliphatic rings. The summed E-state index contributed by atoms with van der Waals surface area (Å²) < 4.78 is 0. The maximum atomic E-state index is 12.3. The molecule has 3 rings (SSSR count). The Labute approximate surface area is 104 Å². The number of rotatable bonds is 0. The van der Waals surface area contributed by atoms with Gasteiger partial charge >= 0.3 is 0 Å². The molecule has 1 N–H and O–H groups in total. The Bertz CT molecular complexity index is 396. The second-order valence-corrected chi connectivity index (χ2v) is 7.69. The molecule has 2 heteroatoms. The first-order valence-electron chi connectivity index (χ1n) is 6.93.